The standard InChI is InChI=1S/C16H22N2O2/c17-13-4-1-5-14(10-13)18(11-15-6-2-8-19-15)12-16-7-3-9-20-16/h2-3,6-9,13-14H,1,4-5,10-12,17H2. The van der Waals surface area contributed by atoms with Gasteiger partial charge in [-0.3, -0.25) is 4.90 Å². The fourth-order valence-electron chi connectivity index (χ4n) is 3.05. The van der Waals surface area contributed by atoms with Crippen LogP contribution in [-0.2, 0) is 13.1 Å². The van der Waals surface area contributed by atoms with E-state index < -0.39 is 0 Å². The summed E-state index contributed by atoms with van der Waals surface area (Å²) in [6.07, 6.45) is 8.07. The van der Waals surface area contributed by atoms with Crippen molar-refractivity contribution in [2.45, 2.75) is 50.9 Å². The predicted octanol–water partition coefficient (Wildman–Crippen LogP) is 3.14. The zero-order chi connectivity index (χ0) is 13.8. The van der Waals surface area contributed by atoms with Gasteiger partial charge in [-0.2, -0.15) is 0 Å². The van der Waals surface area contributed by atoms with Crippen LogP contribution in [0.5, 0.6) is 0 Å². The van der Waals surface area contributed by atoms with Crippen LogP contribution in [0.4, 0.5) is 0 Å². The monoisotopic (exact) mass is 274 g/mol. The predicted molar refractivity (Wildman–Crippen MR) is 76.9 cm³/mol. The summed E-state index contributed by atoms with van der Waals surface area (Å²) in [7, 11) is 0. The molecule has 108 valence electrons. The van der Waals surface area contributed by atoms with E-state index in [1.54, 1.807) is 12.5 Å². The Bertz CT molecular complexity index is 456. The zero-order valence-electron chi connectivity index (χ0n) is 11.7. The third-order valence-electron chi connectivity index (χ3n) is 4.08. The van der Waals surface area contributed by atoms with E-state index in [4.69, 9.17) is 14.6 Å². The molecule has 0 spiro atoms. The second kappa shape index (κ2) is 6.29. The maximum Gasteiger partial charge on any atom is 0.117 e. The summed E-state index contributed by atoms with van der Waals surface area (Å²) in [5.74, 6) is 1.99. The Balaban J connectivity index is 1.71. The van der Waals surface area contributed by atoms with Crippen molar-refractivity contribution in [2.24, 2.45) is 5.73 Å². The molecule has 2 aromatic rings. The van der Waals surface area contributed by atoms with Crippen molar-refractivity contribution < 1.29 is 8.83 Å². The van der Waals surface area contributed by atoms with Crippen molar-refractivity contribution in [2.75, 3.05) is 0 Å². The normalized spacial score (nSPS) is 23.3. The number of nitrogens with zero attached hydrogens (tertiary/aromatic N) is 1. The quantitative estimate of drug-likeness (QED) is 0.910. The lowest BCUT2D eigenvalue weighted by atomic mass is 9.90. The molecule has 2 aromatic heterocycles. The fourth-order valence-corrected chi connectivity index (χ4v) is 3.05. The molecule has 0 amide bonds. The first-order valence-corrected chi connectivity index (χ1v) is 7.35. The molecule has 1 saturated carbocycles. The second-order valence-electron chi connectivity index (χ2n) is 5.64. The van der Waals surface area contributed by atoms with Gasteiger partial charge >= 0.3 is 0 Å². The van der Waals surface area contributed by atoms with Crippen molar-refractivity contribution in [3.8, 4) is 0 Å². The summed E-state index contributed by atoms with van der Waals surface area (Å²) < 4.78 is 11.0. The smallest absolute Gasteiger partial charge is 0.117 e. The van der Waals surface area contributed by atoms with E-state index in [0.717, 1.165) is 37.5 Å². The summed E-state index contributed by atoms with van der Waals surface area (Å²) in [6, 6.07) is 8.76. The molecule has 0 aliphatic heterocycles. The summed E-state index contributed by atoms with van der Waals surface area (Å²) >= 11 is 0. The van der Waals surface area contributed by atoms with Crippen LogP contribution in [0.3, 0.4) is 0 Å². The van der Waals surface area contributed by atoms with Crippen LogP contribution < -0.4 is 5.73 Å². The first-order chi connectivity index (χ1) is 9.81. The minimum absolute atomic E-state index is 0.324. The number of furan rings is 2. The molecule has 2 atom stereocenters. The van der Waals surface area contributed by atoms with E-state index in [1.165, 1.54) is 12.8 Å². The van der Waals surface area contributed by atoms with E-state index in [2.05, 4.69) is 4.90 Å². The van der Waals surface area contributed by atoms with Gasteiger partial charge in [0.15, 0.2) is 0 Å². The molecule has 0 aromatic carbocycles. The van der Waals surface area contributed by atoms with Gasteiger partial charge in [-0.15, -0.1) is 0 Å². The Morgan fingerprint density at radius 2 is 1.70 bits per heavy atom. The van der Waals surface area contributed by atoms with Crippen LogP contribution in [0.2, 0.25) is 0 Å². The molecule has 2 heterocycles. The molecule has 0 bridgehead atoms. The van der Waals surface area contributed by atoms with Gasteiger partial charge in [-0.05, 0) is 43.5 Å². The summed E-state index contributed by atoms with van der Waals surface area (Å²) in [5, 5.41) is 0. The molecule has 0 saturated heterocycles. The van der Waals surface area contributed by atoms with Gasteiger partial charge in [0.2, 0.25) is 0 Å². The molecule has 0 radical (unpaired) electrons. The molecule has 1 aliphatic rings. The van der Waals surface area contributed by atoms with Crippen LogP contribution >= 0.6 is 0 Å². The first-order valence-electron chi connectivity index (χ1n) is 7.35. The molecule has 4 nitrogen and oxygen atoms in total. The summed E-state index contributed by atoms with van der Waals surface area (Å²) in [4.78, 5) is 2.43. The average molecular weight is 274 g/mol. The van der Waals surface area contributed by atoms with Crippen LogP contribution in [0.15, 0.2) is 45.6 Å². The van der Waals surface area contributed by atoms with Crippen molar-refractivity contribution in [3.63, 3.8) is 0 Å². The van der Waals surface area contributed by atoms with Gasteiger partial charge in [0.05, 0.1) is 25.6 Å². The molecular formula is C16H22N2O2. The number of rotatable bonds is 5. The number of nitrogens with two attached hydrogens (primary N) is 1. The highest BCUT2D eigenvalue weighted by Crippen LogP contribution is 2.25. The number of hydrogen-bond acceptors (Lipinski definition) is 4. The van der Waals surface area contributed by atoms with Gasteiger partial charge in [0, 0.05) is 12.1 Å². The topological polar surface area (TPSA) is 55.5 Å². The SMILES string of the molecule is NC1CCCC(N(Cc2ccco2)Cc2ccco2)C1. The van der Waals surface area contributed by atoms with Gasteiger partial charge in [-0.25, -0.2) is 0 Å². The van der Waals surface area contributed by atoms with E-state index >= 15 is 0 Å². The highest BCUT2D eigenvalue weighted by atomic mass is 16.3. The Morgan fingerprint density at radius 3 is 2.20 bits per heavy atom. The van der Waals surface area contributed by atoms with Crippen molar-refractivity contribution in [1.82, 2.24) is 4.90 Å². The van der Waals surface area contributed by atoms with Crippen LogP contribution in [0.25, 0.3) is 0 Å². The van der Waals surface area contributed by atoms with E-state index in [-0.39, 0.29) is 0 Å². The van der Waals surface area contributed by atoms with E-state index in [1.807, 2.05) is 24.3 Å². The molecule has 2 N–H and O–H groups in total. The highest BCUT2D eigenvalue weighted by molar-refractivity contribution is 5.02. The molecule has 1 aliphatic carbocycles. The maximum atomic E-state index is 6.14. The van der Waals surface area contributed by atoms with Gasteiger partial charge in [-0.1, -0.05) is 6.42 Å². The van der Waals surface area contributed by atoms with Gasteiger partial charge in [0.25, 0.3) is 0 Å². The molecule has 20 heavy (non-hydrogen) atoms. The lowest BCUT2D eigenvalue weighted by molar-refractivity contribution is 0.114. The second-order valence-corrected chi connectivity index (χ2v) is 5.64. The molecule has 3 rings (SSSR count). The van der Waals surface area contributed by atoms with Crippen molar-refractivity contribution in [1.29, 1.82) is 0 Å². The molecular weight excluding hydrogens is 252 g/mol. The third-order valence-corrected chi connectivity index (χ3v) is 4.08. The minimum atomic E-state index is 0.324. The first kappa shape index (κ1) is 13.5. The Morgan fingerprint density at radius 1 is 1.05 bits per heavy atom. The molecule has 1 fully saturated rings. The largest absolute Gasteiger partial charge is 0.468 e. The summed E-state index contributed by atoms with van der Waals surface area (Å²) in [5.41, 5.74) is 6.14. The van der Waals surface area contributed by atoms with E-state index in [9.17, 15) is 0 Å². The van der Waals surface area contributed by atoms with E-state index in [0.29, 0.717) is 12.1 Å². The van der Waals surface area contributed by atoms with Crippen molar-refractivity contribution in [3.05, 3.63) is 48.3 Å². The lowest BCUT2D eigenvalue weighted by Gasteiger charge is -2.35. The van der Waals surface area contributed by atoms with Gasteiger partial charge < -0.3 is 14.6 Å². The highest BCUT2D eigenvalue weighted by Gasteiger charge is 2.26. The fraction of sp³-hybridized carbons (Fsp3) is 0.500. The van der Waals surface area contributed by atoms with Crippen molar-refractivity contribution >= 4 is 0 Å². The zero-order valence-corrected chi connectivity index (χ0v) is 11.7. The summed E-state index contributed by atoms with van der Waals surface area (Å²) in [6.45, 7) is 1.62. The Hall–Kier alpha value is -1.52. The average Bonchev–Trinajstić information content (AvgIpc) is 3.11. The number of hydrogen-bond donors (Lipinski definition) is 1. The minimum Gasteiger partial charge on any atom is -0.468 e. The van der Waals surface area contributed by atoms with Crippen LogP contribution in [0, 0.1) is 0 Å². The Labute approximate surface area is 119 Å². The molecule has 4 heteroatoms. The Kier molecular flexibility index (Phi) is 4.23. The van der Waals surface area contributed by atoms with Gasteiger partial charge in [0.1, 0.15) is 11.5 Å². The van der Waals surface area contributed by atoms with Crippen LogP contribution in [-0.4, -0.2) is 17.0 Å². The lowest BCUT2D eigenvalue weighted by Crippen LogP contribution is -2.41. The molecule has 2 unspecified atom stereocenters. The third kappa shape index (κ3) is 3.32. The van der Waals surface area contributed by atoms with Crippen LogP contribution in [0.1, 0.15) is 37.2 Å². The maximum absolute atomic E-state index is 6.14.